The Hall–Kier alpha value is -1.13. The molecule has 16 heavy (non-hydrogen) atoms. The molecule has 0 aliphatic rings. The Morgan fingerprint density at radius 3 is 2.94 bits per heavy atom. The lowest BCUT2D eigenvalue weighted by Crippen LogP contribution is -2.01. The van der Waals surface area contributed by atoms with E-state index in [-0.39, 0.29) is 0 Å². The van der Waals surface area contributed by atoms with Crippen LogP contribution in [0.2, 0.25) is 0 Å². The van der Waals surface area contributed by atoms with Crippen molar-refractivity contribution in [3.05, 3.63) is 39.8 Å². The molecule has 0 spiro atoms. The number of aryl methyl sites for hydroxylation is 2. The predicted molar refractivity (Wildman–Crippen MR) is 65.5 cm³/mol. The van der Waals surface area contributed by atoms with Gasteiger partial charge in [-0.3, -0.25) is 4.68 Å². The van der Waals surface area contributed by atoms with E-state index in [9.17, 15) is 5.11 Å². The van der Waals surface area contributed by atoms with Crippen molar-refractivity contribution in [1.29, 1.82) is 0 Å². The average Bonchev–Trinajstić information content (AvgIpc) is 2.88. The van der Waals surface area contributed by atoms with Crippen LogP contribution in [-0.2, 0) is 13.5 Å². The fourth-order valence-corrected chi connectivity index (χ4v) is 2.44. The third-order valence-electron chi connectivity index (χ3n) is 2.92. The number of aliphatic hydroxyl groups is 1. The quantitative estimate of drug-likeness (QED) is 0.885. The van der Waals surface area contributed by atoms with Crippen molar-refractivity contribution in [3.8, 4) is 0 Å². The summed E-state index contributed by atoms with van der Waals surface area (Å²) < 4.78 is 1.79. The summed E-state index contributed by atoms with van der Waals surface area (Å²) in [6.45, 7) is 1.98. The minimum absolute atomic E-state index is 0.409. The topological polar surface area (TPSA) is 38.1 Å². The second kappa shape index (κ2) is 4.80. The smallest absolute Gasteiger partial charge is 0.0826 e. The van der Waals surface area contributed by atoms with Gasteiger partial charge in [-0.2, -0.15) is 16.4 Å². The minimum Gasteiger partial charge on any atom is -0.388 e. The van der Waals surface area contributed by atoms with Crippen molar-refractivity contribution < 1.29 is 5.11 Å². The maximum Gasteiger partial charge on any atom is 0.0826 e. The molecule has 2 aromatic rings. The molecule has 0 aromatic carbocycles. The van der Waals surface area contributed by atoms with E-state index in [1.54, 1.807) is 22.2 Å². The van der Waals surface area contributed by atoms with Gasteiger partial charge in [0, 0.05) is 18.3 Å². The molecule has 0 bridgehead atoms. The van der Waals surface area contributed by atoms with Gasteiger partial charge in [-0.05, 0) is 42.2 Å². The zero-order chi connectivity index (χ0) is 11.5. The number of thiophene rings is 1. The zero-order valence-electron chi connectivity index (χ0n) is 9.55. The number of hydrogen-bond acceptors (Lipinski definition) is 3. The van der Waals surface area contributed by atoms with Crippen LogP contribution in [0.5, 0.6) is 0 Å². The Bertz CT molecular complexity index is 448. The van der Waals surface area contributed by atoms with Crippen molar-refractivity contribution in [2.45, 2.75) is 25.9 Å². The fourth-order valence-electron chi connectivity index (χ4n) is 1.74. The first-order chi connectivity index (χ1) is 7.68. The Kier molecular flexibility index (Phi) is 3.41. The number of nitrogens with zero attached hydrogens (tertiary/aromatic N) is 2. The normalized spacial score (nSPS) is 12.9. The Morgan fingerprint density at radius 2 is 2.38 bits per heavy atom. The molecule has 0 amide bonds. The highest BCUT2D eigenvalue weighted by Crippen LogP contribution is 2.22. The Morgan fingerprint density at radius 1 is 1.56 bits per heavy atom. The molecule has 1 N–H and O–H groups in total. The van der Waals surface area contributed by atoms with Crippen LogP contribution in [-0.4, -0.2) is 14.9 Å². The fraction of sp³-hybridized carbons (Fsp3) is 0.417. The second-order valence-electron chi connectivity index (χ2n) is 3.99. The zero-order valence-corrected chi connectivity index (χ0v) is 10.4. The molecule has 0 radical (unpaired) electrons. The molecule has 0 aliphatic heterocycles. The third kappa shape index (κ3) is 2.33. The van der Waals surface area contributed by atoms with Crippen LogP contribution in [0.3, 0.4) is 0 Å². The van der Waals surface area contributed by atoms with Crippen molar-refractivity contribution in [1.82, 2.24) is 9.78 Å². The van der Waals surface area contributed by atoms with Crippen LogP contribution in [0.15, 0.2) is 23.0 Å². The summed E-state index contributed by atoms with van der Waals surface area (Å²) in [5.74, 6) is 0. The summed E-state index contributed by atoms with van der Waals surface area (Å²) >= 11 is 1.70. The molecular formula is C12H16N2OS. The molecule has 0 saturated carbocycles. The van der Waals surface area contributed by atoms with E-state index in [1.165, 1.54) is 5.56 Å². The summed E-state index contributed by atoms with van der Waals surface area (Å²) in [5, 5.41) is 18.4. The summed E-state index contributed by atoms with van der Waals surface area (Å²) in [7, 11) is 1.89. The first kappa shape index (κ1) is 11.4. The average molecular weight is 236 g/mol. The highest BCUT2D eigenvalue weighted by Gasteiger charge is 2.13. The number of aromatic nitrogens is 2. The largest absolute Gasteiger partial charge is 0.388 e. The first-order valence-electron chi connectivity index (χ1n) is 5.36. The molecule has 1 unspecified atom stereocenters. The highest BCUT2D eigenvalue weighted by atomic mass is 32.1. The molecule has 1 atom stereocenters. The van der Waals surface area contributed by atoms with E-state index < -0.39 is 6.10 Å². The van der Waals surface area contributed by atoms with Gasteiger partial charge in [0.15, 0.2) is 0 Å². The summed E-state index contributed by atoms with van der Waals surface area (Å²) in [6, 6.07) is 2.10. The first-order valence-corrected chi connectivity index (χ1v) is 6.30. The lowest BCUT2D eigenvalue weighted by atomic mass is 10.0. The van der Waals surface area contributed by atoms with Crippen LogP contribution >= 0.6 is 11.3 Å². The summed E-state index contributed by atoms with van der Waals surface area (Å²) in [4.78, 5) is 0. The maximum atomic E-state index is 10.1. The minimum atomic E-state index is -0.409. The molecule has 4 heteroatoms. The van der Waals surface area contributed by atoms with Crippen LogP contribution in [0.4, 0.5) is 0 Å². The second-order valence-corrected chi connectivity index (χ2v) is 4.78. The van der Waals surface area contributed by atoms with Gasteiger partial charge in [0.2, 0.25) is 0 Å². The number of rotatable bonds is 4. The molecule has 86 valence electrons. The van der Waals surface area contributed by atoms with E-state index >= 15 is 0 Å². The van der Waals surface area contributed by atoms with E-state index in [2.05, 4.69) is 21.9 Å². The van der Waals surface area contributed by atoms with Gasteiger partial charge in [-0.15, -0.1) is 0 Å². The van der Waals surface area contributed by atoms with Crippen LogP contribution in [0.1, 0.15) is 29.3 Å². The standard InChI is InChI=1S/C12H16N2OS/c1-9-11(7-13-14(9)2)12(15)4-3-10-5-6-16-8-10/h5-8,12,15H,3-4H2,1-2H3. The summed E-state index contributed by atoms with van der Waals surface area (Å²) in [6.07, 6.45) is 3.02. The molecule has 2 aromatic heterocycles. The summed E-state index contributed by atoms with van der Waals surface area (Å²) in [5.41, 5.74) is 3.28. The van der Waals surface area contributed by atoms with E-state index in [1.807, 2.05) is 14.0 Å². The predicted octanol–water partition coefficient (Wildman–Crippen LogP) is 2.46. The third-order valence-corrected chi connectivity index (χ3v) is 3.65. The van der Waals surface area contributed by atoms with Crippen LogP contribution in [0.25, 0.3) is 0 Å². The molecule has 0 fully saturated rings. The Labute approximate surface area is 99.4 Å². The van der Waals surface area contributed by atoms with Crippen molar-refractivity contribution >= 4 is 11.3 Å². The number of aliphatic hydroxyl groups excluding tert-OH is 1. The van der Waals surface area contributed by atoms with Crippen molar-refractivity contribution in [2.75, 3.05) is 0 Å². The van der Waals surface area contributed by atoms with E-state index in [4.69, 9.17) is 0 Å². The van der Waals surface area contributed by atoms with Gasteiger partial charge in [0.05, 0.1) is 12.3 Å². The van der Waals surface area contributed by atoms with Gasteiger partial charge in [0.25, 0.3) is 0 Å². The van der Waals surface area contributed by atoms with Crippen LogP contribution < -0.4 is 0 Å². The van der Waals surface area contributed by atoms with Crippen molar-refractivity contribution in [2.24, 2.45) is 7.05 Å². The molecule has 0 saturated heterocycles. The van der Waals surface area contributed by atoms with Gasteiger partial charge >= 0.3 is 0 Å². The number of hydrogen-bond donors (Lipinski definition) is 1. The van der Waals surface area contributed by atoms with Gasteiger partial charge in [-0.25, -0.2) is 0 Å². The SMILES string of the molecule is Cc1c(C(O)CCc2ccsc2)cnn1C. The van der Waals surface area contributed by atoms with E-state index in [0.29, 0.717) is 0 Å². The van der Waals surface area contributed by atoms with Crippen molar-refractivity contribution in [3.63, 3.8) is 0 Å². The van der Waals surface area contributed by atoms with Gasteiger partial charge in [-0.1, -0.05) is 0 Å². The lowest BCUT2D eigenvalue weighted by molar-refractivity contribution is 0.167. The molecule has 0 aliphatic carbocycles. The molecule has 2 heterocycles. The van der Waals surface area contributed by atoms with Gasteiger partial charge < -0.3 is 5.11 Å². The van der Waals surface area contributed by atoms with Crippen LogP contribution in [0, 0.1) is 6.92 Å². The lowest BCUT2D eigenvalue weighted by Gasteiger charge is -2.09. The highest BCUT2D eigenvalue weighted by molar-refractivity contribution is 7.07. The van der Waals surface area contributed by atoms with E-state index in [0.717, 1.165) is 24.1 Å². The molecule has 3 nitrogen and oxygen atoms in total. The molecule has 2 rings (SSSR count). The molecular weight excluding hydrogens is 220 g/mol. The monoisotopic (exact) mass is 236 g/mol. The van der Waals surface area contributed by atoms with Gasteiger partial charge in [0.1, 0.15) is 0 Å². The Balaban J connectivity index is 1.98. The maximum absolute atomic E-state index is 10.1.